The number of methoxy groups -OCH3 is 1. The first-order chi connectivity index (χ1) is 6.36. The van der Waals surface area contributed by atoms with Crippen molar-refractivity contribution in [1.29, 1.82) is 0 Å². The Morgan fingerprint density at radius 1 is 1.29 bits per heavy atom. The highest BCUT2D eigenvalue weighted by molar-refractivity contribution is 9.11. The number of hydrogen-bond acceptors (Lipinski definition) is 3. The van der Waals surface area contributed by atoms with E-state index in [-0.39, 0.29) is 4.90 Å². The van der Waals surface area contributed by atoms with Crippen LogP contribution in [0, 0.1) is 0 Å². The van der Waals surface area contributed by atoms with Crippen molar-refractivity contribution in [3.8, 4) is 5.75 Å². The third-order valence-electron chi connectivity index (χ3n) is 1.51. The predicted molar refractivity (Wildman–Crippen MR) is 59.8 cm³/mol. The maximum atomic E-state index is 11.1. The lowest BCUT2D eigenvalue weighted by molar-refractivity contribution is 0.411. The first-order valence-electron chi connectivity index (χ1n) is 3.42. The molecule has 0 saturated carbocycles. The molecular weight excluding hydrogens is 338 g/mol. The molecule has 0 aliphatic carbocycles. The smallest absolute Gasteiger partial charge is 0.239 e. The van der Waals surface area contributed by atoms with Crippen LogP contribution in [0.25, 0.3) is 0 Å². The van der Waals surface area contributed by atoms with Gasteiger partial charge in [-0.1, -0.05) is 0 Å². The molecule has 14 heavy (non-hydrogen) atoms. The van der Waals surface area contributed by atoms with E-state index in [4.69, 9.17) is 9.88 Å². The summed E-state index contributed by atoms with van der Waals surface area (Å²) in [5, 5.41) is 5.00. The van der Waals surface area contributed by atoms with Crippen LogP contribution in [0.2, 0.25) is 0 Å². The van der Waals surface area contributed by atoms with Gasteiger partial charge in [0.2, 0.25) is 10.0 Å². The zero-order valence-electron chi connectivity index (χ0n) is 7.12. The molecule has 0 heterocycles. The number of benzene rings is 1. The lowest BCUT2D eigenvalue weighted by Crippen LogP contribution is -2.12. The van der Waals surface area contributed by atoms with Crippen LogP contribution in [0.3, 0.4) is 0 Å². The van der Waals surface area contributed by atoms with Crippen LogP contribution in [0.5, 0.6) is 5.75 Å². The number of hydrogen-bond donors (Lipinski definition) is 1. The van der Waals surface area contributed by atoms with Gasteiger partial charge in [0.1, 0.15) is 5.75 Å². The summed E-state index contributed by atoms with van der Waals surface area (Å²) in [6.45, 7) is 0. The topological polar surface area (TPSA) is 69.4 Å². The van der Waals surface area contributed by atoms with Gasteiger partial charge in [-0.25, -0.2) is 13.6 Å². The first kappa shape index (κ1) is 12.0. The zero-order valence-corrected chi connectivity index (χ0v) is 11.1. The number of primary sulfonamides is 1. The van der Waals surface area contributed by atoms with Gasteiger partial charge in [-0.3, -0.25) is 0 Å². The lowest BCUT2D eigenvalue weighted by atomic mass is 10.3. The van der Waals surface area contributed by atoms with Crippen LogP contribution in [0.4, 0.5) is 0 Å². The van der Waals surface area contributed by atoms with Crippen molar-refractivity contribution < 1.29 is 13.2 Å². The summed E-state index contributed by atoms with van der Waals surface area (Å²) in [5.41, 5.74) is 0. The molecule has 0 aliphatic heterocycles. The van der Waals surface area contributed by atoms with Crippen molar-refractivity contribution in [2.45, 2.75) is 4.90 Å². The van der Waals surface area contributed by atoms with Crippen molar-refractivity contribution in [2.75, 3.05) is 7.11 Å². The van der Waals surface area contributed by atoms with Gasteiger partial charge >= 0.3 is 0 Å². The fourth-order valence-electron chi connectivity index (χ4n) is 0.885. The molecule has 1 rings (SSSR count). The summed E-state index contributed by atoms with van der Waals surface area (Å²) in [6, 6.07) is 2.92. The summed E-state index contributed by atoms with van der Waals surface area (Å²) < 4.78 is 28.1. The normalized spacial score (nSPS) is 11.4. The number of ether oxygens (including phenoxy) is 1. The molecule has 0 amide bonds. The van der Waals surface area contributed by atoms with E-state index in [9.17, 15) is 8.42 Å². The lowest BCUT2D eigenvalue weighted by Gasteiger charge is -2.07. The van der Waals surface area contributed by atoms with Crippen molar-refractivity contribution in [3.63, 3.8) is 0 Å². The minimum Gasteiger partial charge on any atom is -0.496 e. The van der Waals surface area contributed by atoms with Gasteiger partial charge in [-0.05, 0) is 44.0 Å². The van der Waals surface area contributed by atoms with Crippen LogP contribution < -0.4 is 9.88 Å². The highest BCUT2D eigenvalue weighted by Gasteiger charge is 2.15. The van der Waals surface area contributed by atoms with Gasteiger partial charge in [-0.2, -0.15) is 0 Å². The van der Waals surface area contributed by atoms with E-state index in [0.29, 0.717) is 14.7 Å². The molecule has 4 nitrogen and oxygen atoms in total. The molecule has 0 saturated heterocycles. The quantitative estimate of drug-likeness (QED) is 0.890. The van der Waals surface area contributed by atoms with E-state index in [2.05, 4.69) is 31.9 Å². The van der Waals surface area contributed by atoms with Gasteiger partial charge < -0.3 is 4.74 Å². The van der Waals surface area contributed by atoms with Crippen molar-refractivity contribution in [1.82, 2.24) is 0 Å². The molecule has 1 aromatic rings. The Morgan fingerprint density at radius 3 is 2.29 bits per heavy atom. The highest BCUT2D eigenvalue weighted by atomic mass is 79.9. The summed E-state index contributed by atoms with van der Waals surface area (Å²) >= 11 is 6.27. The van der Waals surface area contributed by atoms with Crippen molar-refractivity contribution >= 4 is 41.9 Å². The average Bonchev–Trinajstić information content (AvgIpc) is 2.06. The van der Waals surface area contributed by atoms with E-state index in [1.54, 1.807) is 0 Å². The molecular formula is C7H7Br2NO3S. The molecule has 0 aromatic heterocycles. The third kappa shape index (κ3) is 2.47. The second-order valence-electron chi connectivity index (χ2n) is 2.46. The summed E-state index contributed by atoms with van der Waals surface area (Å²) in [5.74, 6) is 0.532. The standard InChI is InChI=1S/C7H7Br2NO3S/c1-13-6-2-5(9)7(3-4(6)8)14(10,11)12/h2-3H,1H3,(H2,10,11,12). The number of rotatable bonds is 2. The molecule has 0 radical (unpaired) electrons. The van der Waals surface area contributed by atoms with Gasteiger partial charge in [-0.15, -0.1) is 0 Å². The first-order valence-corrected chi connectivity index (χ1v) is 6.55. The van der Waals surface area contributed by atoms with Gasteiger partial charge in [0, 0.05) is 4.47 Å². The summed E-state index contributed by atoms with van der Waals surface area (Å²) in [6.07, 6.45) is 0. The Morgan fingerprint density at radius 2 is 1.86 bits per heavy atom. The maximum Gasteiger partial charge on any atom is 0.239 e. The van der Waals surface area contributed by atoms with E-state index in [1.807, 2.05) is 0 Å². The molecule has 7 heteroatoms. The third-order valence-corrected chi connectivity index (χ3v) is 4.00. The van der Waals surface area contributed by atoms with Crippen LogP contribution >= 0.6 is 31.9 Å². The second-order valence-corrected chi connectivity index (χ2v) is 5.70. The highest BCUT2D eigenvalue weighted by Crippen LogP contribution is 2.33. The molecule has 2 N–H and O–H groups in total. The minimum absolute atomic E-state index is 0.0187. The molecule has 0 bridgehead atoms. The maximum absolute atomic E-state index is 11.1. The van der Waals surface area contributed by atoms with E-state index in [1.165, 1.54) is 19.2 Å². The number of sulfonamides is 1. The fraction of sp³-hybridized carbons (Fsp3) is 0.143. The predicted octanol–water partition coefficient (Wildman–Crippen LogP) is 1.87. The van der Waals surface area contributed by atoms with Crippen LogP contribution in [-0.4, -0.2) is 15.5 Å². The Hall–Kier alpha value is -0.110. The number of nitrogens with two attached hydrogens (primary N) is 1. The van der Waals surface area contributed by atoms with Gasteiger partial charge in [0.05, 0.1) is 16.5 Å². The van der Waals surface area contributed by atoms with Crippen LogP contribution in [-0.2, 0) is 10.0 Å². The van der Waals surface area contributed by atoms with Crippen LogP contribution in [0.1, 0.15) is 0 Å². The SMILES string of the molecule is COc1cc(Br)c(S(N)(=O)=O)cc1Br. The molecule has 78 valence electrons. The summed E-state index contributed by atoms with van der Waals surface area (Å²) in [7, 11) is -2.22. The molecule has 0 atom stereocenters. The number of halogens is 2. The average molecular weight is 345 g/mol. The van der Waals surface area contributed by atoms with Gasteiger partial charge in [0.25, 0.3) is 0 Å². The zero-order chi connectivity index (χ0) is 10.9. The van der Waals surface area contributed by atoms with E-state index < -0.39 is 10.0 Å². The van der Waals surface area contributed by atoms with Crippen molar-refractivity contribution in [3.05, 3.63) is 21.1 Å². The molecule has 0 unspecified atom stereocenters. The Balaban J connectivity index is 3.44. The summed E-state index contributed by atoms with van der Waals surface area (Å²) in [4.78, 5) is 0.0187. The van der Waals surface area contributed by atoms with E-state index >= 15 is 0 Å². The van der Waals surface area contributed by atoms with Crippen LogP contribution in [0.15, 0.2) is 26.0 Å². The van der Waals surface area contributed by atoms with Gasteiger partial charge in [0.15, 0.2) is 0 Å². The fourth-order valence-corrected chi connectivity index (χ4v) is 3.15. The molecule has 1 aromatic carbocycles. The Labute approximate surface area is 98.7 Å². The molecule has 0 fully saturated rings. The largest absolute Gasteiger partial charge is 0.496 e. The minimum atomic E-state index is -3.71. The molecule has 0 aliphatic rings. The van der Waals surface area contributed by atoms with Crippen molar-refractivity contribution in [2.24, 2.45) is 5.14 Å². The second kappa shape index (κ2) is 4.18. The van der Waals surface area contributed by atoms with E-state index in [0.717, 1.165) is 0 Å². The monoisotopic (exact) mass is 343 g/mol. The Kier molecular flexibility index (Phi) is 3.57. The Bertz CT molecular complexity index is 458. The molecule has 0 spiro atoms.